The zero-order valence-electron chi connectivity index (χ0n) is 29.3. The van der Waals surface area contributed by atoms with Crippen LogP contribution < -0.4 is 9.13 Å². The predicted molar refractivity (Wildman–Crippen MR) is 172 cm³/mol. The molecule has 2 aromatic rings. The van der Waals surface area contributed by atoms with E-state index in [0.717, 1.165) is 51.4 Å². The molecule has 2 heterocycles. The average molecular weight is 653 g/mol. The van der Waals surface area contributed by atoms with Crippen molar-refractivity contribution in [3.8, 4) is 0 Å². The molecular weight excluding hydrogens is 596 g/mol. The maximum Gasteiger partial charge on any atom is 0.348 e. The van der Waals surface area contributed by atoms with Gasteiger partial charge in [-0.25, -0.2) is 27.9 Å². The highest BCUT2D eigenvalue weighted by atomic mass is 16.5. The van der Waals surface area contributed by atoms with Crippen molar-refractivity contribution in [1.82, 2.24) is 9.13 Å². The van der Waals surface area contributed by atoms with E-state index < -0.39 is 0 Å². The van der Waals surface area contributed by atoms with Gasteiger partial charge in [0.1, 0.15) is 37.0 Å². The molecule has 10 nitrogen and oxygen atoms in total. The van der Waals surface area contributed by atoms with Gasteiger partial charge in [-0.1, -0.05) is 20.8 Å². The Morgan fingerprint density at radius 3 is 2.13 bits per heavy atom. The molecule has 0 aromatic carbocycles. The summed E-state index contributed by atoms with van der Waals surface area (Å²) >= 11 is 0. The Balaban J connectivity index is 1.20. The molecule has 0 aliphatic heterocycles. The fraction of sp³-hybridized carbons (Fsp3) is 0.757. The Labute approximate surface area is 279 Å². The van der Waals surface area contributed by atoms with E-state index >= 15 is 0 Å². The number of carbonyl (C=O) groups is 3. The van der Waals surface area contributed by atoms with Crippen molar-refractivity contribution < 1.29 is 37.7 Å². The zero-order chi connectivity index (χ0) is 33.5. The molecule has 4 aliphatic rings. The van der Waals surface area contributed by atoms with Gasteiger partial charge in [-0.05, 0) is 98.7 Å². The number of methoxy groups -OCH3 is 1. The molecule has 0 saturated heterocycles. The smallest absolute Gasteiger partial charge is 0.348 e. The maximum absolute atomic E-state index is 13.6. The quantitative estimate of drug-likeness (QED) is 0.216. The highest BCUT2D eigenvalue weighted by Gasteiger charge is 2.65. The molecule has 4 aliphatic carbocycles. The minimum atomic E-state index is -0.179. The largest absolute Gasteiger partial charge is 0.469 e. The molecule has 6 rings (SSSR count). The molecule has 2 aromatic heterocycles. The SMILES string of the molecule is COC(=O)CC[C@@H](C)[C@H]1CC[C@H]2[C@@H]3CC[C@@H]4C[C@H](OC(=O)Cn5cc[n+](C)c5)CC[C@]4(C)[C@H]3C[C@H](OC(=O)Cn3cc[n+](C)c3)[C@]12C. The maximum atomic E-state index is 13.6. The lowest BCUT2D eigenvalue weighted by Gasteiger charge is -2.62. The van der Waals surface area contributed by atoms with Gasteiger partial charge in [0.15, 0.2) is 13.1 Å². The number of carbonyl (C=O) groups excluding carboxylic acids is 3. The first-order valence-corrected chi connectivity index (χ1v) is 17.9. The Kier molecular flexibility index (Phi) is 9.60. The third-order valence-electron chi connectivity index (χ3n) is 13.3. The summed E-state index contributed by atoms with van der Waals surface area (Å²) in [5.41, 5.74) is -0.0203. The summed E-state index contributed by atoms with van der Waals surface area (Å²) in [5, 5.41) is 0. The minimum absolute atomic E-state index is 0.0432. The summed E-state index contributed by atoms with van der Waals surface area (Å²) in [6, 6.07) is 0. The molecule has 0 N–H and O–H groups in total. The number of hydrogen-bond donors (Lipinski definition) is 0. The van der Waals surface area contributed by atoms with E-state index in [9.17, 15) is 14.4 Å². The van der Waals surface area contributed by atoms with Crippen molar-refractivity contribution in [1.29, 1.82) is 0 Å². The fourth-order valence-corrected chi connectivity index (χ4v) is 11.0. The van der Waals surface area contributed by atoms with Gasteiger partial charge in [0, 0.05) is 11.8 Å². The van der Waals surface area contributed by atoms with E-state index in [2.05, 4.69) is 20.8 Å². The third-order valence-corrected chi connectivity index (χ3v) is 13.3. The second-order valence-electron chi connectivity index (χ2n) is 15.9. The van der Waals surface area contributed by atoms with E-state index in [1.165, 1.54) is 13.5 Å². The summed E-state index contributed by atoms with van der Waals surface area (Å²) in [7, 11) is 5.35. The Bertz CT molecular complexity index is 1450. The number of rotatable bonds is 10. The number of aryl methyl sites for hydroxylation is 2. The van der Waals surface area contributed by atoms with Crippen LogP contribution in [0.1, 0.15) is 85.0 Å². The standard InChI is InChI=1S/C37H56N4O6/c1-25(7-12-33(42)45-6)29-10-11-30-28-9-8-26-19-27(46-34(43)21-40-17-15-38(4)23-40)13-14-36(26,2)31(28)20-32(37(29,30)3)47-35(44)22-41-18-16-39(5)24-41/h15-18,23-32H,7-14,19-22H2,1-6H3/q+2/t25-,26-,27-,28+,29-,30+,31+,32+,36+,37-/m1/s1. The van der Waals surface area contributed by atoms with Crippen LogP contribution in [0.5, 0.6) is 0 Å². The number of ether oxygens (including phenoxy) is 3. The molecule has 47 heavy (non-hydrogen) atoms. The lowest BCUT2D eigenvalue weighted by Crippen LogP contribution is -2.59. The van der Waals surface area contributed by atoms with Gasteiger partial charge in [-0.2, -0.15) is 0 Å². The molecule has 258 valence electrons. The highest BCUT2D eigenvalue weighted by Crippen LogP contribution is 2.69. The molecule has 10 atom stereocenters. The summed E-state index contributed by atoms with van der Waals surface area (Å²) in [6.45, 7) is 7.60. The average Bonchev–Trinajstić information content (AvgIpc) is 3.74. The van der Waals surface area contributed by atoms with Gasteiger partial charge >= 0.3 is 17.9 Å². The predicted octanol–water partition coefficient (Wildman–Crippen LogP) is 4.32. The highest BCUT2D eigenvalue weighted by molar-refractivity contribution is 5.70. The zero-order valence-corrected chi connectivity index (χ0v) is 29.3. The minimum Gasteiger partial charge on any atom is -0.469 e. The van der Waals surface area contributed by atoms with Crippen molar-refractivity contribution in [2.75, 3.05) is 7.11 Å². The molecule has 0 amide bonds. The fourth-order valence-electron chi connectivity index (χ4n) is 11.0. The van der Waals surface area contributed by atoms with E-state index in [-0.39, 0.29) is 54.0 Å². The molecule has 4 saturated carbocycles. The summed E-state index contributed by atoms with van der Waals surface area (Å²) in [5.74, 6) is 2.21. The summed E-state index contributed by atoms with van der Waals surface area (Å²) in [4.78, 5) is 38.5. The van der Waals surface area contributed by atoms with Gasteiger partial charge < -0.3 is 14.2 Å². The van der Waals surface area contributed by atoms with Crippen LogP contribution in [0.15, 0.2) is 37.4 Å². The topological polar surface area (TPSA) is 96.5 Å². The van der Waals surface area contributed by atoms with Crippen molar-refractivity contribution in [3.63, 3.8) is 0 Å². The lowest BCUT2D eigenvalue weighted by molar-refractivity contribution is -0.671. The van der Waals surface area contributed by atoms with Crippen LogP contribution in [0.25, 0.3) is 0 Å². The first kappa shape index (κ1) is 33.7. The number of hydrogen-bond acceptors (Lipinski definition) is 6. The number of esters is 3. The summed E-state index contributed by atoms with van der Waals surface area (Å²) in [6.07, 6.45) is 20.7. The van der Waals surface area contributed by atoms with Gasteiger partial charge in [0.25, 0.3) is 0 Å². The van der Waals surface area contributed by atoms with Gasteiger partial charge in [-0.3, -0.25) is 4.79 Å². The first-order valence-electron chi connectivity index (χ1n) is 17.9. The molecule has 4 fully saturated rings. The number of fused-ring (bicyclic) bond motifs is 5. The molecule has 0 radical (unpaired) electrons. The van der Waals surface area contributed by atoms with Gasteiger partial charge in [0.2, 0.25) is 12.7 Å². The van der Waals surface area contributed by atoms with Crippen molar-refractivity contribution in [3.05, 3.63) is 37.4 Å². The number of nitrogens with zero attached hydrogens (tertiary/aromatic N) is 4. The normalized spacial score (nSPS) is 35.2. The Hall–Kier alpha value is -3.17. The first-order chi connectivity index (χ1) is 22.4. The molecule has 0 spiro atoms. The number of aromatic nitrogens is 4. The van der Waals surface area contributed by atoms with E-state index in [1.807, 2.05) is 69.8 Å². The van der Waals surface area contributed by atoms with Crippen molar-refractivity contribution in [2.45, 2.75) is 110 Å². The Morgan fingerprint density at radius 1 is 0.851 bits per heavy atom. The molecule has 0 unspecified atom stereocenters. The van der Waals surface area contributed by atoms with E-state index in [4.69, 9.17) is 14.2 Å². The van der Waals surface area contributed by atoms with Crippen molar-refractivity contribution in [2.24, 2.45) is 60.4 Å². The molecule has 10 heteroatoms. The van der Waals surface area contributed by atoms with Crippen LogP contribution in [0, 0.1) is 46.3 Å². The van der Waals surface area contributed by atoms with Gasteiger partial charge in [0.05, 0.1) is 21.2 Å². The number of imidazole rings is 2. The van der Waals surface area contributed by atoms with Crippen LogP contribution in [0.3, 0.4) is 0 Å². The van der Waals surface area contributed by atoms with Crippen LogP contribution in [-0.4, -0.2) is 46.4 Å². The van der Waals surface area contributed by atoms with Crippen LogP contribution in [-0.2, 0) is 55.8 Å². The van der Waals surface area contributed by atoms with Crippen LogP contribution in [0.2, 0.25) is 0 Å². The van der Waals surface area contributed by atoms with E-state index in [0.29, 0.717) is 41.9 Å². The van der Waals surface area contributed by atoms with E-state index in [1.54, 1.807) is 0 Å². The lowest BCUT2D eigenvalue weighted by atomic mass is 9.43. The van der Waals surface area contributed by atoms with Crippen molar-refractivity contribution >= 4 is 17.9 Å². The monoisotopic (exact) mass is 652 g/mol. The molecular formula is C37H56N4O6+2. The second kappa shape index (κ2) is 13.4. The summed E-state index contributed by atoms with van der Waals surface area (Å²) < 4.78 is 25.3. The third kappa shape index (κ3) is 6.62. The van der Waals surface area contributed by atoms with Gasteiger partial charge in [-0.15, -0.1) is 0 Å². The second-order valence-corrected chi connectivity index (χ2v) is 15.9. The molecule has 0 bridgehead atoms. The Morgan fingerprint density at radius 2 is 1.51 bits per heavy atom. The van der Waals surface area contributed by atoms with Crippen LogP contribution >= 0.6 is 0 Å². The van der Waals surface area contributed by atoms with Crippen LogP contribution in [0.4, 0.5) is 0 Å².